The summed E-state index contributed by atoms with van der Waals surface area (Å²) in [6, 6.07) is 0. The predicted octanol–water partition coefficient (Wildman–Crippen LogP) is 1.71. The zero-order chi connectivity index (χ0) is 10.9. The Labute approximate surface area is 80.1 Å². The first kappa shape index (κ1) is 11.1. The molecule has 1 fully saturated rings. The monoisotopic (exact) mass is 206 g/mol. The van der Waals surface area contributed by atoms with Gasteiger partial charge in [-0.2, -0.15) is 8.78 Å². The molecule has 0 amide bonds. The Balaban J connectivity index is 2.79. The molecule has 14 heavy (non-hydrogen) atoms. The normalized spacial score (nSPS) is 27.6. The lowest BCUT2D eigenvalue weighted by molar-refractivity contribution is -0.173. The minimum atomic E-state index is -4.22. The molecule has 0 saturated heterocycles. The molecule has 3 nitrogen and oxygen atoms in total. The van der Waals surface area contributed by atoms with E-state index in [1.807, 2.05) is 0 Å². The van der Waals surface area contributed by atoms with Crippen LogP contribution in [-0.4, -0.2) is 22.8 Å². The van der Waals surface area contributed by atoms with Crippen LogP contribution in [0.15, 0.2) is 0 Å². The first-order valence-electron chi connectivity index (χ1n) is 4.53. The van der Waals surface area contributed by atoms with Crippen LogP contribution in [0.25, 0.3) is 0 Å². The second kappa shape index (κ2) is 3.63. The largest absolute Gasteiger partial charge is 0.476 e. The van der Waals surface area contributed by atoms with Gasteiger partial charge in [0.05, 0.1) is 0 Å². The van der Waals surface area contributed by atoms with E-state index in [-0.39, 0.29) is 5.92 Å². The molecule has 2 atom stereocenters. The number of Topliss-reactive ketones (excluding diaryl/α,β-unsaturated/α-hetero) is 1. The Morgan fingerprint density at radius 3 is 2.29 bits per heavy atom. The maximum absolute atomic E-state index is 12.8. The van der Waals surface area contributed by atoms with E-state index < -0.39 is 23.6 Å². The van der Waals surface area contributed by atoms with Crippen molar-refractivity contribution in [1.82, 2.24) is 0 Å². The fraction of sp³-hybridized carbons (Fsp3) is 0.778. The molecule has 1 rings (SSSR count). The summed E-state index contributed by atoms with van der Waals surface area (Å²) >= 11 is 0. The standard InChI is InChI=1S/C9H12F2O3/c1-5-3-2-4-6(5)7(12)9(10,11)8(13)14/h5-6H,2-4H2,1H3,(H,13,14). The number of hydrogen-bond acceptors (Lipinski definition) is 2. The van der Waals surface area contributed by atoms with E-state index in [9.17, 15) is 18.4 Å². The van der Waals surface area contributed by atoms with Crippen LogP contribution in [0.3, 0.4) is 0 Å². The Hall–Kier alpha value is -1.00. The van der Waals surface area contributed by atoms with Gasteiger partial charge in [0.1, 0.15) is 0 Å². The lowest BCUT2D eigenvalue weighted by Gasteiger charge is -2.18. The summed E-state index contributed by atoms with van der Waals surface area (Å²) in [6.07, 6.45) is 1.81. The SMILES string of the molecule is CC1CCCC1C(=O)C(F)(F)C(=O)O. The van der Waals surface area contributed by atoms with Gasteiger partial charge in [-0.15, -0.1) is 0 Å². The molecule has 0 aromatic rings. The van der Waals surface area contributed by atoms with Crippen molar-refractivity contribution < 1.29 is 23.5 Å². The second-order valence-corrected chi connectivity index (χ2v) is 3.76. The fourth-order valence-electron chi connectivity index (χ4n) is 1.87. The highest BCUT2D eigenvalue weighted by molar-refractivity contribution is 6.05. The van der Waals surface area contributed by atoms with Gasteiger partial charge in [0.15, 0.2) is 0 Å². The van der Waals surface area contributed by atoms with E-state index in [0.717, 1.165) is 0 Å². The third-order valence-electron chi connectivity index (χ3n) is 2.78. The van der Waals surface area contributed by atoms with Crippen molar-refractivity contribution in [2.75, 3.05) is 0 Å². The third-order valence-corrected chi connectivity index (χ3v) is 2.78. The minimum absolute atomic E-state index is 0.132. The van der Waals surface area contributed by atoms with Crippen molar-refractivity contribution in [3.63, 3.8) is 0 Å². The van der Waals surface area contributed by atoms with Crippen molar-refractivity contribution in [3.05, 3.63) is 0 Å². The number of carboxylic acid groups (broad SMARTS) is 1. The highest BCUT2D eigenvalue weighted by atomic mass is 19.3. The van der Waals surface area contributed by atoms with Crippen LogP contribution in [0.2, 0.25) is 0 Å². The molecule has 80 valence electrons. The first-order chi connectivity index (χ1) is 6.37. The molecule has 5 heteroatoms. The number of hydrogen-bond donors (Lipinski definition) is 1. The highest BCUT2D eigenvalue weighted by Crippen LogP contribution is 2.36. The van der Waals surface area contributed by atoms with Gasteiger partial charge in [-0.25, -0.2) is 4.79 Å². The van der Waals surface area contributed by atoms with Crippen LogP contribution in [0, 0.1) is 11.8 Å². The number of carboxylic acids is 1. The molecule has 0 aliphatic heterocycles. The topological polar surface area (TPSA) is 54.4 Å². The van der Waals surface area contributed by atoms with Gasteiger partial charge in [0, 0.05) is 5.92 Å². The third kappa shape index (κ3) is 1.76. The quantitative estimate of drug-likeness (QED) is 0.715. The number of rotatable bonds is 3. The number of alkyl halides is 2. The molecular weight excluding hydrogens is 194 g/mol. The van der Waals surface area contributed by atoms with Crippen molar-refractivity contribution in [1.29, 1.82) is 0 Å². The van der Waals surface area contributed by atoms with Crippen LogP contribution >= 0.6 is 0 Å². The molecule has 0 aromatic carbocycles. The molecule has 0 radical (unpaired) electrons. The summed E-state index contributed by atoms with van der Waals surface area (Å²) in [6.45, 7) is 1.70. The number of aliphatic carboxylic acids is 1. The molecule has 1 N–H and O–H groups in total. The van der Waals surface area contributed by atoms with Crippen LogP contribution < -0.4 is 0 Å². The summed E-state index contributed by atoms with van der Waals surface area (Å²) in [5, 5.41) is 8.19. The molecule has 0 aromatic heterocycles. The maximum atomic E-state index is 12.8. The van der Waals surface area contributed by atoms with E-state index in [2.05, 4.69) is 0 Å². The fourth-order valence-corrected chi connectivity index (χ4v) is 1.87. The van der Waals surface area contributed by atoms with Crippen molar-refractivity contribution >= 4 is 11.8 Å². The summed E-state index contributed by atoms with van der Waals surface area (Å²) < 4.78 is 25.6. The summed E-state index contributed by atoms with van der Waals surface area (Å²) in [7, 11) is 0. The second-order valence-electron chi connectivity index (χ2n) is 3.76. The van der Waals surface area contributed by atoms with Gasteiger partial charge in [0.25, 0.3) is 0 Å². The molecule has 1 aliphatic rings. The van der Waals surface area contributed by atoms with Crippen LogP contribution in [0.1, 0.15) is 26.2 Å². The number of carbonyl (C=O) groups is 2. The van der Waals surface area contributed by atoms with Gasteiger partial charge in [0.2, 0.25) is 5.78 Å². The summed E-state index contributed by atoms with van der Waals surface area (Å²) in [5.74, 6) is -8.92. The average molecular weight is 206 g/mol. The van der Waals surface area contributed by atoms with E-state index in [1.165, 1.54) is 0 Å². The van der Waals surface area contributed by atoms with Crippen LogP contribution in [-0.2, 0) is 9.59 Å². The first-order valence-corrected chi connectivity index (χ1v) is 4.53. The Bertz CT molecular complexity index is 263. The summed E-state index contributed by atoms with van der Waals surface area (Å²) in [4.78, 5) is 21.3. The smallest absolute Gasteiger partial charge is 0.399 e. The Kier molecular flexibility index (Phi) is 2.87. The van der Waals surface area contributed by atoms with Crippen LogP contribution in [0.4, 0.5) is 8.78 Å². The van der Waals surface area contributed by atoms with Crippen LogP contribution in [0.5, 0.6) is 0 Å². The minimum Gasteiger partial charge on any atom is -0.476 e. The van der Waals surface area contributed by atoms with E-state index in [4.69, 9.17) is 5.11 Å². The van der Waals surface area contributed by atoms with Crippen molar-refractivity contribution in [3.8, 4) is 0 Å². The lowest BCUT2D eigenvalue weighted by Crippen LogP contribution is -2.42. The molecule has 0 heterocycles. The molecule has 0 spiro atoms. The van der Waals surface area contributed by atoms with Gasteiger partial charge >= 0.3 is 11.9 Å². The number of carbonyl (C=O) groups excluding carboxylic acids is 1. The van der Waals surface area contributed by atoms with E-state index >= 15 is 0 Å². The van der Waals surface area contributed by atoms with Gasteiger partial charge in [-0.05, 0) is 18.8 Å². The van der Waals surface area contributed by atoms with Gasteiger partial charge in [-0.1, -0.05) is 13.3 Å². The number of ketones is 1. The van der Waals surface area contributed by atoms with E-state index in [0.29, 0.717) is 19.3 Å². The van der Waals surface area contributed by atoms with Gasteiger partial charge in [-0.3, -0.25) is 4.79 Å². The highest BCUT2D eigenvalue weighted by Gasteiger charge is 2.51. The molecular formula is C9H12F2O3. The van der Waals surface area contributed by atoms with Crippen molar-refractivity contribution in [2.24, 2.45) is 11.8 Å². The van der Waals surface area contributed by atoms with Gasteiger partial charge < -0.3 is 5.11 Å². The van der Waals surface area contributed by atoms with E-state index in [1.54, 1.807) is 6.92 Å². The molecule has 2 unspecified atom stereocenters. The average Bonchev–Trinajstić information content (AvgIpc) is 2.49. The lowest BCUT2D eigenvalue weighted by atomic mass is 9.90. The maximum Gasteiger partial charge on any atom is 0.399 e. The number of halogens is 2. The Morgan fingerprint density at radius 2 is 1.93 bits per heavy atom. The molecule has 0 bridgehead atoms. The molecule has 1 aliphatic carbocycles. The zero-order valence-electron chi connectivity index (χ0n) is 7.80. The van der Waals surface area contributed by atoms with Crippen molar-refractivity contribution in [2.45, 2.75) is 32.1 Å². The molecule has 1 saturated carbocycles. The summed E-state index contributed by atoms with van der Waals surface area (Å²) in [5.41, 5.74) is 0. The Morgan fingerprint density at radius 1 is 1.36 bits per heavy atom. The predicted molar refractivity (Wildman–Crippen MR) is 44.1 cm³/mol. The zero-order valence-corrected chi connectivity index (χ0v) is 7.80.